The fraction of sp³-hybridized carbons (Fsp3) is 0.765. The minimum absolute atomic E-state index is 0.00726. The zero-order valence-electron chi connectivity index (χ0n) is 44.7. The molecule has 408 valence electrons. The van der Waals surface area contributed by atoms with Crippen LogP contribution in [0.15, 0.2) is 34.2 Å². The number of fused-ring (bicyclic) bond motifs is 1. The summed E-state index contributed by atoms with van der Waals surface area (Å²) in [5.74, 6) is -8.99. The molecule has 0 saturated carbocycles. The molecule has 4 N–H and O–H groups in total. The Morgan fingerprint density at radius 2 is 1.60 bits per heavy atom. The fourth-order valence-corrected chi connectivity index (χ4v) is 11.5. The summed E-state index contributed by atoms with van der Waals surface area (Å²) >= 11 is 0. The van der Waals surface area contributed by atoms with Crippen molar-refractivity contribution >= 4 is 29.5 Å². The molecule has 19 atom stereocenters. The van der Waals surface area contributed by atoms with Crippen molar-refractivity contribution in [2.45, 2.75) is 186 Å². The Bertz CT molecular complexity index is 2250. The van der Waals surface area contributed by atoms with Crippen LogP contribution >= 0.6 is 0 Å². The number of aromatic nitrogens is 3. The van der Waals surface area contributed by atoms with Crippen LogP contribution in [-0.2, 0) is 68.3 Å². The van der Waals surface area contributed by atoms with Gasteiger partial charge in [-0.3, -0.25) is 19.4 Å². The number of carbonyl (C=O) groups is 4. The molecule has 22 heteroatoms. The molecule has 10 unspecified atom stereocenters. The molecule has 0 bridgehead atoms. The highest BCUT2D eigenvalue weighted by Gasteiger charge is 2.63. The van der Waals surface area contributed by atoms with Gasteiger partial charge in [-0.05, 0) is 87.0 Å². The van der Waals surface area contributed by atoms with Crippen LogP contribution in [0.2, 0.25) is 0 Å². The van der Waals surface area contributed by atoms with Crippen molar-refractivity contribution in [2.24, 2.45) is 46.4 Å². The summed E-state index contributed by atoms with van der Waals surface area (Å²) in [4.78, 5) is 72.8. The van der Waals surface area contributed by atoms with Gasteiger partial charge in [0.05, 0.1) is 48.0 Å². The SMILES string of the molecule is CC[C@H]1OC(=O)[C@H](C)[C@@H](OC2CC(C)(OC)C(O)C(C)O2)[C@H](C)[C@@H](OC2OC(C)CC(N(C)C)C2O)[C@@](C)(OC)C[C@@H](C)C(=O)[C@H](C)C2C(/C(N)=N\OC(=O)CCc3nc(-c4ccncc4)no3)C(=O)O[C@@]21C. The Balaban J connectivity index is 1.37. The van der Waals surface area contributed by atoms with E-state index in [0.29, 0.717) is 17.8 Å². The molecule has 0 aromatic carbocycles. The molecule has 0 aliphatic carbocycles. The number of ether oxygens (including phenoxy) is 8. The maximum absolute atomic E-state index is 15.1. The molecule has 4 aliphatic heterocycles. The van der Waals surface area contributed by atoms with E-state index in [1.807, 2.05) is 32.8 Å². The zero-order valence-corrected chi connectivity index (χ0v) is 44.7. The van der Waals surface area contributed by atoms with E-state index < -0.39 is 125 Å². The van der Waals surface area contributed by atoms with Gasteiger partial charge in [-0.15, -0.1) is 0 Å². The second-order valence-corrected chi connectivity index (χ2v) is 21.3. The highest BCUT2D eigenvalue weighted by molar-refractivity contribution is 6.03. The van der Waals surface area contributed by atoms with E-state index in [2.05, 4.69) is 20.3 Å². The molecule has 4 aliphatic rings. The third-order valence-electron chi connectivity index (χ3n) is 15.8. The summed E-state index contributed by atoms with van der Waals surface area (Å²) in [5, 5.41) is 30.8. The van der Waals surface area contributed by atoms with Gasteiger partial charge in [0.2, 0.25) is 11.7 Å². The molecule has 0 radical (unpaired) electrons. The molecule has 2 aromatic rings. The van der Waals surface area contributed by atoms with Gasteiger partial charge in [0.25, 0.3) is 0 Å². The topological polar surface area (TPSA) is 285 Å². The number of rotatable bonds is 14. The average Bonchev–Trinajstić information content (AvgIpc) is 3.95. The molecule has 0 spiro atoms. The van der Waals surface area contributed by atoms with Crippen LogP contribution in [0.4, 0.5) is 0 Å². The third-order valence-corrected chi connectivity index (χ3v) is 15.8. The van der Waals surface area contributed by atoms with Crippen LogP contribution in [-0.4, -0.2) is 166 Å². The highest BCUT2D eigenvalue weighted by Crippen LogP contribution is 2.49. The number of ketones is 1. The van der Waals surface area contributed by atoms with Gasteiger partial charge in [-0.2, -0.15) is 4.98 Å². The summed E-state index contributed by atoms with van der Waals surface area (Å²) < 4.78 is 56.6. The number of likely N-dealkylation sites (N-methyl/N-ethyl adjacent to an activating group) is 1. The lowest BCUT2D eigenvalue weighted by Gasteiger charge is -2.50. The number of hydrogen-bond donors (Lipinski definition) is 3. The second kappa shape index (κ2) is 23.6. The molecule has 0 amide bonds. The number of aliphatic hydroxyl groups excluding tert-OH is 2. The van der Waals surface area contributed by atoms with E-state index in [1.165, 1.54) is 14.2 Å². The first-order chi connectivity index (χ1) is 34.3. The Morgan fingerprint density at radius 1 is 0.932 bits per heavy atom. The van der Waals surface area contributed by atoms with Crippen LogP contribution in [0.25, 0.3) is 11.4 Å². The number of pyridine rings is 1. The first-order valence-corrected chi connectivity index (χ1v) is 25.3. The van der Waals surface area contributed by atoms with Crippen LogP contribution in [0.3, 0.4) is 0 Å². The summed E-state index contributed by atoms with van der Waals surface area (Å²) in [6.07, 6.45) is -5.03. The second-order valence-electron chi connectivity index (χ2n) is 21.3. The Hall–Kier alpha value is -4.52. The maximum Gasteiger partial charge on any atom is 0.335 e. The number of oxime groups is 1. The van der Waals surface area contributed by atoms with Crippen molar-refractivity contribution in [1.29, 1.82) is 0 Å². The number of esters is 2. The van der Waals surface area contributed by atoms with Gasteiger partial charge in [-0.1, -0.05) is 38.0 Å². The fourth-order valence-electron chi connectivity index (χ4n) is 11.5. The van der Waals surface area contributed by atoms with E-state index >= 15 is 4.79 Å². The normalized spacial score (nSPS) is 40.1. The predicted molar refractivity (Wildman–Crippen MR) is 259 cm³/mol. The van der Waals surface area contributed by atoms with Crippen LogP contribution < -0.4 is 5.73 Å². The van der Waals surface area contributed by atoms with E-state index in [-0.39, 0.29) is 55.9 Å². The lowest BCUT2D eigenvalue weighted by Crippen LogP contribution is -2.61. The van der Waals surface area contributed by atoms with Crippen molar-refractivity contribution in [3.63, 3.8) is 0 Å². The number of Topliss-reactive ketones (excluding diaryl/α,β-unsaturated/α-hetero) is 1. The maximum atomic E-state index is 15.1. The summed E-state index contributed by atoms with van der Waals surface area (Å²) in [6, 6.07) is 3.07. The smallest absolute Gasteiger partial charge is 0.335 e. The Morgan fingerprint density at radius 3 is 2.23 bits per heavy atom. The largest absolute Gasteiger partial charge is 0.458 e. The van der Waals surface area contributed by atoms with Crippen LogP contribution in [0.5, 0.6) is 0 Å². The van der Waals surface area contributed by atoms with E-state index in [0.717, 1.165) is 0 Å². The number of nitrogens with zero attached hydrogens (tertiary/aromatic N) is 5. The van der Waals surface area contributed by atoms with E-state index in [9.17, 15) is 24.6 Å². The van der Waals surface area contributed by atoms with Gasteiger partial charge in [0.15, 0.2) is 24.0 Å². The molecule has 22 nitrogen and oxygen atoms in total. The third kappa shape index (κ3) is 12.3. The monoisotopic (exact) mass is 1030 g/mol. The van der Waals surface area contributed by atoms with Crippen molar-refractivity contribution in [1.82, 2.24) is 20.0 Å². The van der Waals surface area contributed by atoms with Crippen molar-refractivity contribution in [2.75, 3.05) is 28.3 Å². The standard InChI is InChI=1S/C51H78N6O16/c1-15-33-51(10)38(37(47(63)71-51)44(52)55-73-35(58)17-16-34-54-45(56-72-34)31-18-20-53-21-19-31)27(4)39(59)25(2)23-50(9,65-14)43(70-48-40(60)32(57(11)12)22-26(3)66-48)28(5)41(29(6)46(62)68-33)69-36-24-49(8,64-13)42(61)30(7)67-36/h18-21,25-30,32-33,36-38,40-43,48,60-61H,15-17,22-24H2,1-14H3,(H2,52,55)/t25-,26?,27-,28+,29-,30?,32?,33-,36?,37?,38?,40?,41+,42?,43-,48?,49?,50+,51-/m1/s1. The first kappa shape index (κ1) is 57.8. The lowest BCUT2D eigenvalue weighted by molar-refractivity contribution is -0.319. The van der Waals surface area contributed by atoms with Gasteiger partial charge in [-0.25, -0.2) is 4.79 Å². The molecule has 73 heavy (non-hydrogen) atoms. The molecule has 4 fully saturated rings. The molecule has 6 rings (SSSR count). The van der Waals surface area contributed by atoms with Gasteiger partial charge < -0.3 is 68.1 Å². The number of aliphatic hydroxyl groups is 2. The summed E-state index contributed by atoms with van der Waals surface area (Å²) in [6.45, 7) is 17.3. The molecular formula is C51H78N6O16. The summed E-state index contributed by atoms with van der Waals surface area (Å²) in [7, 11) is 6.70. The number of nitrogens with two attached hydrogens (primary N) is 1. The van der Waals surface area contributed by atoms with Crippen molar-refractivity contribution in [3.8, 4) is 11.4 Å². The average molecular weight is 1030 g/mol. The number of aryl methyl sites for hydroxylation is 1. The molecule has 2 aromatic heterocycles. The van der Waals surface area contributed by atoms with Gasteiger partial charge >= 0.3 is 17.9 Å². The minimum atomic E-state index is -1.68. The lowest BCUT2D eigenvalue weighted by atomic mass is 9.67. The first-order valence-electron chi connectivity index (χ1n) is 25.3. The van der Waals surface area contributed by atoms with E-state index in [4.69, 9.17) is 53.0 Å². The number of carbonyl (C=O) groups excluding carboxylic acids is 4. The van der Waals surface area contributed by atoms with Crippen molar-refractivity contribution < 1.29 is 76.6 Å². The predicted octanol–water partition coefficient (Wildman–Crippen LogP) is 3.77. The van der Waals surface area contributed by atoms with E-state index in [1.54, 1.807) is 79.9 Å². The van der Waals surface area contributed by atoms with Crippen molar-refractivity contribution in [3.05, 3.63) is 30.4 Å². The molecule has 4 saturated heterocycles. The number of methoxy groups -OCH3 is 2. The van der Waals surface area contributed by atoms with Crippen LogP contribution in [0, 0.1) is 35.5 Å². The summed E-state index contributed by atoms with van der Waals surface area (Å²) in [5.41, 5.74) is 3.10. The molecule has 6 heterocycles. The molecular weight excluding hydrogens is 953 g/mol. The number of cyclic esters (lactones) is 1. The number of hydrogen-bond acceptors (Lipinski definition) is 21. The van der Waals surface area contributed by atoms with Gasteiger partial charge in [0, 0.05) is 74.7 Å². The quantitative estimate of drug-likeness (QED) is 0.0798. The Labute approximate surface area is 427 Å². The number of amidine groups is 1. The highest BCUT2D eigenvalue weighted by atomic mass is 16.7. The van der Waals surface area contributed by atoms with Crippen LogP contribution in [0.1, 0.15) is 107 Å². The zero-order chi connectivity index (χ0) is 53.9. The Kier molecular flexibility index (Phi) is 18.6. The van der Waals surface area contributed by atoms with Gasteiger partial charge in [0.1, 0.15) is 30.0 Å². The minimum Gasteiger partial charge on any atom is -0.458 e.